The van der Waals surface area contributed by atoms with E-state index in [9.17, 15) is 4.79 Å². The minimum absolute atomic E-state index is 0.173. The molecule has 2 aliphatic rings. The Kier molecular flexibility index (Phi) is 5.24. The van der Waals surface area contributed by atoms with Gasteiger partial charge in [-0.1, -0.05) is 0 Å². The molecule has 27 heavy (non-hydrogen) atoms. The van der Waals surface area contributed by atoms with Crippen molar-refractivity contribution in [1.29, 1.82) is 0 Å². The maximum Gasteiger partial charge on any atom is 0.242 e. The summed E-state index contributed by atoms with van der Waals surface area (Å²) in [4.78, 5) is 30.2. The lowest BCUT2D eigenvalue weighted by atomic mass is 10.3. The van der Waals surface area contributed by atoms with Crippen LogP contribution >= 0.6 is 0 Å². The highest BCUT2D eigenvalue weighted by Crippen LogP contribution is 2.20. The van der Waals surface area contributed by atoms with Gasteiger partial charge in [0.2, 0.25) is 5.91 Å². The molecule has 0 N–H and O–H groups in total. The van der Waals surface area contributed by atoms with E-state index in [0.29, 0.717) is 6.54 Å². The van der Waals surface area contributed by atoms with Gasteiger partial charge in [-0.25, -0.2) is 9.97 Å². The molecule has 0 atom stereocenters. The molecule has 1 amide bonds. The Morgan fingerprint density at radius 2 is 1.44 bits per heavy atom. The third-order valence-electron chi connectivity index (χ3n) is 5.41. The summed E-state index contributed by atoms with van der Waals surface area (Å²) in [7, 11) is 2.15. The van der Waals surface area contributed by atoms with E-state index < -0.39 is 0 Å². The lowest BCUT2D eigenvalue weighted by Crippen LogP contribution is -2.50. The summed E-state index contributed by atoms with van der Waals surface area (Å²) in [6.07, 6.45) is 5.51. The number of likely N-dealkylation sites (N-methyl/N-ethyl adjacent to an activating group) is 1. The number of piperazine rings is 2. The Bertz CT molecular complexity index is 747. The lowest BCUT2D eigenvalue weighted by molar-refractivity contribution is -0.132. The summed E-state index contributed by atoms with van der Waals surface area (Å²) < 4.78 is 1.92. The van der Waals surface area contributed by atoms with Gasteiger partial charge >= 0.3 is 0 Å². The van der Waals surface area contributed by atoms with E-state index in [0.717, 1.165) is 64.0 Å². The topological polar surface area (TPSA) is 60.7 Å². The molecule has 2 aromatic rings. The first kappa shape index (κ1) is 17.8. The van der Waals surface area contributed by atoms with E-state index in [4.69, 9.17) is 0 Å². The molecule has 2 aliphatic heterocycles. The highest BCUT2D eigenvalue weighted by atomic mass is 16.2. The Hall–Kier alpha value is -2.61. The summed E-state index contributed by atoms with van der Waals surface area (Å²) in [6, 6.07) is 5.97. The molecule has 2 fully saturated rings. The van der Waals surface area contributed by atoms with Gasteiger partial charge in [0.05, 0.1) is 0 Å². The number of carbonyl (C=O) groups excluding carboxylic acids is 1. The van der Waals surface area contributed by atoms with Crippen LogP contribution in [0, 0.1) is 0 Å². The molecule has 8 heteroatoms. The van der Waals surface area contributed by atoms with Crippen molar-refractivity contribution >= 4 is 17.5 Å². The second kappa shape index (κ2) is 7.96. The van der Waals surface area contributed by atoms with E-state index in [1.165, 1.54) is 0 Å². The van der Waals surface area contributed by atoms with Crippen molar-refractivity contribution < 1.29 is 4.79 Å². The first-order chi connectivity index (χ1) is 13.2. The molecule has 0 aliphatic carbocycles. The summed E-state index contributed by atoms with van der Waals surface area (Å²) in [5.74, 6) is 2.13. The molecule has 0 bridgehead atoms. The van der Waals surface area contributed by atoms with Gasteiger partial charge in [-0.2, -0.15) is 0 Å². The highest BCUT2D eigenvalue weighted by Gasteiger charge is 2.23. The van der Waals surface area contributed by atoms with Crippen molar-refractivity contribution in [2.24, 2.45) is 0 Å². The number of carbonyl (C=O) groups is 1. The Morgan fingerprint density at radius 3 is 2.04 bits per heavy atom. The Labute approximate surface area is 160 Å². The fraction of sp³-hybridized carbons (Fsp3) is 0.526. The molecule has 4 rings (SSSR count). The van der Waals surface area contributed by atoms with Gasteiger partial charge in [0.25, 0.3) is 0 Å². The zero-order chi connectivity index (χ0) is 18.6. The summed E-state index contributed by atoms with van der Waals surface area (Å²) in [6.45, 7) is 7.58. The zero-order valence-corrected chi connectivity index (χ0v) is 15.9. The minimum atomic E-state index is 0.173. The van der Waals surface area contributed by atoms with Crippen LogP contribution in [0.2, 0.25) is 0 Å². The summed E-state index contributed by atoms with van der Waals surface area (Å²) >= 11 is 0. The van der Waals surface area contributed by atoms with Crippen LogP contribution in [0.5, 0.6) is 0 Å². The Balaban J connectivity index is 1.34. The van der Waals surface area contributed by atoms with Crippen molar-refractivity contribution in [3.05, 3.63) is 36.9 Å². The molecule has 2 aromatic heterocycles. The van der Waals surface area contributed by atoms with Crippen molar-refractivity contribution in [3.63, 3.8) is 0 Å². The van der Waals surface area contributed by atoms with Gasteiger partial charge < -0.3 is 24.2 Å². The molecular weight excluding hydrogens is 342 g/mol. The molecule has 0 unspecified atom stereocenters. The van der Waals surface area contributed by atoms with Gasteiger partial charge in [0.1, 0.15) is 24.5 Å². The maximum atomic E-state index is 12.4. The summed E-state index contributed by atoms with van der Waals surface area (Å²) in [5, 5.41) is 0. The summed E-state index contributed by atoms with van der Waals surface area (Å²) in [5.41, 5.74) is 0. The van der Waals surface area contributed by atoms with E-state index in [2.05, 4.69) is 37.8 Å². The van der Waals surface area contributed by atoms with E-state index in [-0.39, 0.29) is 5.91 Å². The molecule has 0 radical (unpaired) electrons. The standard InChI is InChI=1S/C19H27N7O/c1-22-6-8-24(9-7-22)17-14-18(21-16-20-17)25-10-12-26(13-11-25)19(27)15-23-4-2-3-5-23/h2-5,14,16H,6-13,15H2,1H3. The smallest absolute Gasteiger partial charge is 0.242 e. The molecule has 8 nitrogen and oxygen atoms in total. The number of hydrogen-bond acceptors (Lipinski definition) is 6. The SMILES string of the molecule is CN1CCN(c2cc(N3CCN(C(=O)Cn4cccc4)CC3)ncn2)CC1. The quantitative estimate of drug-likeness (QED) is 0.777. The van der Waals surface area contributed by atoms with Crippen LogP contribution in [0.25, 0.3) is 0 Å². The largest absolute Gasteiger partial charge is 0.354 e. The number of rotatable bonds is 4. The van der Waals surface area contributed by atoms with Crippen LogP contribution in [0.4, 0.5) is 11.6 Å². The van der Waals surface area contributed by atoms with Gasteiger partial charge in [-0.3, -0.25) is 4.79 Å². The zero-order valence-electron chi connectivity index (χ0n) is 15.9. The number of nitrogens with zero attached hydrogens (tertiary/aromatic N) is 7. The van der Waals surface area contributed by atoms with Crippen LogP contribution < -0.4 is 9.80 Å². The van der Waals surface area contributed by atoms with E-state index in [1.54, 1.807) is 6.33 Å². The van der Waals surface area contributed by atoms with Crippen molar-refractivity contribution in [2.75, 3.05) is 69.2 Å². The fourth-order valence-corrected chi connectivity index (χ4v) is 3.64. The van der Waals surface area contributed by atoms with Crippen LogP contribution in [0.3, 0.4) is 0 Å². The van der Waals surface area contributed by atoms with Crippen LogP contribution in [-0.2, 0) is 11.3 Å². The van der Waals surface area contributed by atoms with Gasteiger partial charge in [-0.15, -0.1) is 0 Å². The Morgan fingerprint density at radius 1 is 0.889 bits per heavy atom. The second-order valence-corrected chi connectivity index (χ2v) is 7.25. The number of amides is 1. The molecular formula is C19H27N7O. The van der Waals surface area contributed by atoms with E-state index >= 15 is 0 Å². The minimum Gasteiger partial charge on any atom is -0.354 e. The molecule has 0 aromatic carbocycles. The highest BCUT2D eigenvalue weighted by molar-refractivity contribution is 5.76. The second-order valence-electron chi connectivity index (χ2n) is 7.25. The van der Waals surface area contributed by atoms with Gasteiger partial charge in [0, 0.05) is 70.8 Å². The van der Waals surface area contributed by atoms with Crippen LogP contribution in [0.15, 0.2) is 36.9 Å². The van der Waals surface area contributed by atoms with Gasteiger partial charge in [-0.05, 0) is 19.2 Å². The molecule has 2 saturated heterocycles. The molecule has 0 saturated carbocycles. The fourth-order valence-electron chi connectivity index (χ4n) is 3.64. The average Bonchev–Trinajstić information content (AvgIpc) is 3.22. The predicted molar refractivity (Wildman–Crippen MR) is 105 cm³/mol. The van der Waals surface area contributed by atoms with Crippen molar-refractivity contribution in [1.82, 2.24) is 24.3 Å². The monoisotopic (exact) mass is 369 g/mol. The molecule has 0 spiro atoms. The van der Waals surface area contributed by atoms with Crippen LogP contribution in [-0.4, -0.2) is 89.6 Å². The lowest BCUT2D eigenvalue weighted by Gasteiger charge is -2.36. The first-order valence-corrected chi connectivity index (χ1v) is 9.58. The van der Waals surface area contributed by atoms with Crippen molar-refractivity contribution in [2.45, 2.75) is 6.54 Å². The first-order valence-electron chi connectivity index (χ1n) is 9.58. The van der Waals surface area contributed by atoms with Crippen molar-refractivity contribution in [3.8, 4) is 0 Å². The number of hydrogen-bond donors (Lipinski definition) is 0. The molecule has 4 heterocycles. The van der Waals surface area contributed by atoms with Gasteiger partial charge in [0.15, 0.2) is 0 Å². The third-order valence-corrected chi connectivity index (χ3v) is 5.41. The number of anilines is 2. The molecule has 144 valence electrons. The average molecular weight is 369 g/mol. The number of aromatic nitrogens is 3. The predicted octanol–water partition coefficient (Wildman–Crippen LogP) is 0.379. The van der Waals surface area contributed by atoms with Crippen LogP contribution in [0.1, 0.15) is 0 Å². The normalized spacial score (nSPS) is 18.8. The maximum absolute atomic E-state index is 12.4. The third kappa shape index (κ3) is 4.21. The van der Waals surface area contributed by atoms with E-state index in [1.807, 2.05) is 34.0 Å².